The van der Waals surface area contributed by atoms with E-state index >= 15 is 0 Å². The van der Waals surface area contributed by atoms with Gasteiger partial charge in [0.1, 0.15) is 17.8 Å². The van der Waals surface area contributed by atoms with Crippen LogP contribution in [0.3, 0.4) is 0 Å². The first-order valence-electron chi connectivity index (χ1n) is 4.99. The first kappa shape index (κ1) is 9.92. The average molecular weight is 206 g/mol. The van der Waals surface area contributed by atoms with Gasteiger partial charge in [0.25, 0.3) is 0 Å². The van der Waals surface area contributed by atoms with Gasteiger partial charge in [-0.05, 0) is 18.9 Å². The topological polar surface area (TPSA) is 76.8 Å². The van der Waals surface area contributed by atoms with Crippen LogP contribution in [-0.4, -0.2) is 28.2 Å². The van der Waals surface area contributed by atoms with Gasteiger partial charge in [-0.2, -0.15) is 0 Å². The molecule has 80 valence electrons. The summed E-state index contributed by atoms with van der Waals surface area (Å²) in [6.45, 7) is 2.00. The minimum Gasteiger partial charge on any atom is -0.383 e. The molecule has 0 saturated carbocycles. The van der Waals surface area contributed by atoms with Crippen LogP contribution in [0.25, 0.3) is 11.0 Å². The number of hydrogen-bond acceptors (Lipinski definition) is 4. The van der Waals surface area contributed by atoms with Crippen LogP contribution in [0.1, 0.15) is 12.8 Å². The van der Waals surface area contributed by atoms with Crippen molar-refractivity contribution in [3.05, 3.63) is 18.6 Å². The number of aromatic nitrogens is 3. The fraction of sp³-hybridized carbons (Fsp3) is 0.400. The summed E-state index contributed by atoms with van der Waals surface area (Å²) < 4.78 is 4.94. The van der Waals surface area contributed by atoms with Crippen molar-refractivity contribution in [1.82, 2.24) is 15.0 Å². The Morgan fingerprint density at radius 2 is 2.07 bits per heavy atom. The van der Waals surface area contributed by atoms with E-state index in [-0.39, 0.29) is 0 Å². The number of fused-ring (bicyclic) bond motifs is 1. The second-order valence-corrected chi connectivity index (χ2v) is 3.32. The Morgan fingerprint density at radius 1 is 1.27 bits per heavy atom. The first-order chi connectivity index (χ1) is 7.38. The summed E-state index contributed by atoms with van der Waals surface area (Å²) in [6, 6.07) is 1.85. The molecule has 3 rings (SSSR count). The van der Waals surface area contributed by atoms with E-state index in [0.717, 1.165) is 24.2 Å². The zero-order valence-electron chi connectivity index (χ0n) is 8.44. The second-order valence-electron chi connectivity index (χ2n) is 3.32. The molecule has 0 bridgehead atoms. The van der Waals surface area contributed by atoms with E-state index in [1.165, 1.54) is 19.2 Å². The average Bonchev–Trinajstić information content (AvgIpc) is 2.93. The van der Waals surface area contributed by atoms with E-state index in [1.54, 1.807) is 6.20 Å². The predicted octanol–water partition coefficient (Wildman–Crippen LogP) is 1.34. The number of ether oxygens (including phenoxy) is 1. The van der Waals surface area contributed by atoms with Gasteiger partial charge in [0.15, 0.2) is 0 Å². The van der Waals surface area contributed by atoms with Crippen LogP contribution in [0.4, 0.5) is 5.82 Å². The molecule has 0 spiro atoms. The lowest BCUT2D eigenvalue weighted by atomic mass is 10.4. The lowest BCUT2D eigenvalue weighted by Gasteiger charge is -1.90. The summed E-state index contributed by atoms with van der Waals surface area (Å²) in [6.07, 6.45) is 5.78. The maximum atomic E-state index is 5.53. The summed E-state index contributed by atoms with van der Waals surface area (Å²) >= 11 is 0. The molecule has 0 amide bonds. The van der Waals surface area contributed by atoms with E-state index in [0.29, 0.717) is 5.82 Å². The highest BCUT2D eigenvalue weighted by atomic mass is 16.5. The van der Waals surface area contributed by atoms with E-state index in [1.807, 2.05) is 6.07 Å². The molecule has 0 aliphatic carbocycles. The maximum absolute atomic E-state index is 5.53. The molecule has 5 heteroatoms. The van der Waals surface area contributed by atoms with Gasteiger partial charge in [-0.1, -0.05) is 0 Å². The highest BCUT2D eigenvalue weighted by Crippen LogP contribution is 2.12. The Hall–Kier alpha value is -1.62. The van der Waals surface area contributed by atoms with Gasteiger partial charge >= 0.3 is 0 Å². The number of nitrogens with two attached hydrogens (primary N) is 1. The summed E-state index contributed by atoms with van der Waals surface area (Å²) in [7, 11) is 0. The molecule has 1 aliphatic rings. The molecule has 3 heterocycles. The number of rotatable bonds is 0. The molecule has 0 aromatic carbocycles. The van der Waals surface area contributed by atoms with Crippen LogP contribution in [0.2, 0.25) is 0 Å². The fourth-order valence-electron chi connectivity index (χ4n) is 1.40. The van der Waals surface area contributed by atoms with Gasteiger partial charge in [0.05, 0.1) is 5.39 Å². The molecule has 0 atom stereocenters. The lowest BCUT2D eigenvalue weighted by Crippen LogP contribution is -1.90. The molecule has 15 heavy (non-hydrogen) atoms. The van der Waals surface area contributed by atoms with Crippen LogP contribution in [-0.2, 0) is 4.74 Å². The third-order valence-corrected chi connectivity index (χ3v) is 2.21. The second kappa shape index (κ2) is 4.75. The molecule has 2 aromatic rings. The van der Waals surface area contributed by atoms with Gasteiger partial charge in [0, 0.05) is 19.4 Å². The molecule has 1 saturated heterocycles. The van der Waals surface area contributed by atoms with Gasteiger partial charge < -0.3 is 15.5 Å². The molecule has 1 fully saturated rings. The van der Waals surface area contributed by atoms with Gasteiger partial charge in [-0.25, -0.2) is 9.97 Å². The minimum atomic E-state index is 0.520. The van der Waals surface area contributed by atoms with Gasteiger partial charge in [-0.15, -0.1) is 0 Å². The normalized spacial score (nSPS) is 14.9. The van der Waals surface area contributed by atoms with Crippen molar-refractivity contribution in [2.24, 2.45) is 0 Å². The largest absolute Gasteiger partial charge is 0.383 e. The Labute approximate surface area is 87.7 Å². The fourth-order valence-corrected chi connectivity index (χ4v) is 1.40. The number of anilines is 1. The van der Waals surface area contributed by atoms with Crippen molar-refractivity contribution in [2.45, 2.75) is 12.8 Å². The number of nitrogen functional groups attached to an aromatic ring is 1. The quantitative estimate of drug-likeness (QED) is 0.681. The van der Waals surface area contributed by atoms with E-state index in [4.69, 9.17) is 10.5 Å². The summed E-state index contributed by atoms with van der Waals surface area (Å²) in [5.41, 5.74) is 6.31. The third kappa shape index (κ3) is 2.44. The Morgan fingerprint density at radius 3 is 2.67 bits per heavy atom. The van der Waals surface area contributed by atoms with Gasteiger partial charge in [-0.3, -0.25) is 0 Å². The monoisotopic (exact) mass is 206 g/mol. The van der Waals surface area contributed by atoms with Crippen LogP contribution in [0.5, 0.6) is 0 Å². The Balaban J connectivity index is 0.000000144. The predicted molar refractivity (Wildman–Crippen MR) is 58.4 cm³/mol. The Bertz CT molecular complexity index is 414. The molecular weight excluding hydrogens is 192 g/mol. The molecule has 1 aliphatic heterocycles. The van der Waals surface area contributed by atoms with Crippen molar-refractivity contribution in [1.29, 1.82) is 0 Å². The molecule has 0 unspecified atom stereocenters. The zero-order valence-corrected chi connectivity index (χ0v) is 8.44. The summed E-state index contributed by atoms with van der Waals surface area (Å²) in [5, 5.41) is 0.877. The standard InChI is InChI=1S/C6H6N4.C4H8O/c7-5-4-1-2-8-6(4)10-3-9-5;1-2-4-5-3-1/h1-3H,(H3,7,8,9,10);1-4H2. The van der Waals surface area contributed by atoms with Gasteiger partial charge in [0.2, 0.25) is 0 Å². The van der Waals surface area contributed by atoms with Crippen molar-refractivity contribution in [3.8, 4) is 0 Å². The van der Waals surface area contributed by atoms with Crippen LogP contribution in [0, 0.1) is 0 Å². The lowest BCUT2D eigenvalue weighted by molar-refractivity contribution is 0.198. The van der Waals surface area contributed by atoms with E-state index < -0.39 is 0 Å². The van der Waals surface area contributed by atoms with Crippen LogP contribution < -0.4 is 5.73 Å². The first-order valence-corrected chi connectivity index (χ1v) is 4.99. The highest BCUT2D eigenvalue weighted by molar-refractivity contribution is 5.85. The number of nitrogens with one attached hydrogen (secondary N) is 1. The smallest absolute Gasteiger partial charge is 0.142 e. The Kier molecular flexibility index (Phi) is 3.14. The van der Waals surface area contributed by atoms with E-state index in [2.05, 4.69) is 15.0 Å². The number of H-pyrrole nitrogens is 1. The molecular formula is C10H14N4O. The third-order valence-electron chi connectivity index (χ3n) is 2.21. The summed E-state index contributed by atoms with van der Waals surface area (Å²) in [5.74, 6) is 0.520. The van der Waals surface area contributed by atoms with Crippen molar-refractivity contribution >= 4 is 16.9 Å². The SMILES string of the molecule is C1CCOC1.Nc1ncnc2[nH]ccc12. The van der Waals surface area contributed by atoms with E-state index in [9.17, 15) is 0 Å². The molecule has 5 nitrogen and oxygen atoms in total. The molecule has 3 N–H and O–H groups in total. The summed E-state index contributed by atoms with van der Waals surface area (Å²) in [4.78, 5) is 10.7. The van der Waals surface area contributed by atoms with Crippen molar-refractivity contribution < 1.29 is 4.74 Å². The number of nitrogens with zero attached hydrogens (tertiary/aromatic N) is 2. The minimum absolute atomic E-state index is 0.520. The zero-order chi connectivity index (χ0) is 10.5. The molecule has 2 aromatic heterocycles. The van der Waals surface area contributed by atoms with Crippen LogP contribution >= 0.6 is 0 Å². The van der Waals surface area contributed by atoms with Crippen molar-refractivity contribution in [3.63, 3.8) is 0 Å². The molecule has 0 radical (unpaired) electrons. The van der Waals surface area contributed by atoms with Crippen molar-refractivity contribution in [2.75, 3.05) is 18.9 Å². The number of aromatic amines is 1. The highest BCUT2D eigenvalue weighted by Gasteiger charge is 1.97. The van der Waals surface area contributed by atoms with Crippen LogP contribution in [0.15, 0.2) is 18.6 Å². The maximum Gasteiger partial charge on any atom is 0.142 e. The number of hydrogen-bond donors (Lipinski definition) is 2.